The second-order valence-electron chi connectivity index (χ2n) is 7.19. The second-order valence-corrected chi connectivity index (χ2v) is 7.19. The summed E-state index contributed by atoms with van der Waals surface area (Å²) in [5, 5.41) is 0. The molecule has 3 atom stereocenters. The number of imide groups is 1. The van der Waals surface area contributed by atoms with Crippen molar-refractivity contribution in [1.82, 2.24) is 0 Å². The summed E-state index contributed by atoms with van der Waals surface area (Å²) < 4.78 is 39.0. The van der Waals surface area contributed by atoms with Gasteiger partial charge in [0.1, 0.15) is 0 Å². The molecule has 27 heavy (non-hydrogen) atoms. The summed E-state index contributed by atoms with van der Waals surface area (Å²) in [5.41, 5.74) is 0.275. The molecule has 0 bridgehead atoms. The summed E-state index contributed by atoms with van der Waals surface area (Å²) in [5.74, 6) is -1.48. The third-order valence-electron chi connectivity index (χ3n) is 5.63. The molecular weight excluding hydrogens is 355 g/mol. The zero-order valence-electron chi connectivity index (χ0n) is 14.4. The molecule has 0 spiro atoms. The highest BCUT2D eigenvalue weighted by molar-refractivity contribution is 6.22. The van der Waals surface area contributed by atoms with Gasteiger partial charge in [0.2, 0.25) is 11.8 Å². The van der Waals surface area contributed by atoms with Gasteiger partial charge in [-0.25, -0.2) is 0 Å². The molecule has 0 radical (unpaired) electrons. The molecule has 1 heterocycles. The quantitative estimate of drug-likeness (QED) is 0.711. The molecule has 0 N–H and O–H groups in total. The van der Waals surface area contributed by atoms with E-state index in [0.29, 0.717) is 12.8 Å². The fourth-order valence-corrected chi connectivity index (χ4v) is 4.28. The van der Waals surface area contributed by atoms with E-state index < -0.39 is 23.6 Å². The van der Waals surface area contributed by atoms with Crippen LogP contribution < -0.4 is 4.90 Å². The van der Waals surface area contributed by atoms with Crippen molar-refractivity contribution in [2.24, 2.45) is 11.8 Å². The van der Waals surface area contributed by atoms with Crippen LogP contribution in [0.4, 0.5) is 18.9 Å². The molecule has 1 saturated carbocycles. The molecule has 2 fully saturated rings. The number of rotatable bonds is 2. The van der Waals surface area contributed by atoms with Crippen LogP contribution in [0.2, 0.25) is 0 Å². The van der Waals surface area contributed by atoms with E-state index in [2.05, 4.69) is 0 Å². The van der Waals surface area contributed by atoms with E-state index >= 15 is 0 Å². The SMILES string of the molecule is O=C1[C@@H]2CC[C@@H](c3ccccc3)C[C@H]2C(=O)N1c1cccc(C(F)(F)F)c1. The van der Waals surface area contributed by atoms with E-state index in [-0.39, 0.29) is 23.4 Å². The number of carbonyl (C=O) groups is 2. The predicted octanol–water partition coefficient (Wildman–Crippen LogP) is 4.78. The third-order valence-corrected chi connectivity index (χ3v) is 5.63. The lowest BCUT2D eigenvalue weighted by molar-refractivity contribution is -0.137. The van der Waals surface area contributed by atoms with E-state index in [1.54, 1.807) is 0 Å². The maximum absolute atomic E-state index is 13.0. The normalized spacial score (nSPS) is 25.6. The number of carbonyl (C=O) groups excluding carboxylic acids is 2. The molecule has 6 heteroatoms. The lowest BCUT2D eigenvalue weighted by atomic mass is 9.73. The molecule has 1 aliphatic carbocycles. The van der Waals surface area contributed by atoms with Gasteiger partial charge in [0.15, 0.2) is 0 Å². The second kappa shape index (κ2) is 6.51. The zero-order chi connectivity index (χ0) is 19.2. The van der Waals surface area contributed by atoms with Crippen molar-refractivity contribution in [2.75, 3.05) is 4.90 Å². The molecular formula is C21H18F3NO2. The van der Waals surface area contributed by atoms with Crippen molar-refractivity contribution in [3.8, 4) is 0 Å². The molecule has 3 nitrogen and oxygen atoms in total. The Morgan fingerprint density at radius 2 is 1.56 bits per heavy atom. The zero-order valence-corrected chi connectivity index (χ0v) is 14.4. The molecule has 1 aliphatic heterocycles. The molecule has 140 valence electrons. The number of amides is 2. The molecule has 2 aromatic carbocycles. The summed E-state index contributed by atoms with van der Waals surface area (Å²) in [6, 6.07) is 14.3. The Balaban J connectivity index is 1.61. The van der Waals surface area contributed by atoms with Crippen molar-refractivity contribution in [3.05, 3.63) is 65.7 Å². The minimum absolute atomic E-state index is 0.00508. The number of benzene rings is 2. The monoisotopic (exact) mass is 373 g/mol. The number of hydrogen-bond donors (Lipinski definition) is 0. The van der Waals surface area contributed by atoms with E-state index in [1.807, 2.05) is 30.3 Å². The minimum atomic E-state index is -4.52. The number of hydrogen-bond acceptors (Lipinski definition) is 2. The first-order valence-corrected chi connectivity index (χ1v) is 8.96. The summed E-state index contributed by atoms with van der Waals surface area (Å²) in [6.07, 6.45) is -2.60. The first-order valence-electron chi connectivity index (χ1n) is 8.96. The van der Waals surface area contributed by atoms with Crippen LogP contribution in [0.1, 0.15) is 36.3 Å². The van der Waals surface area contributed by atoms with E-state index in [4.69, 9.17) is 0 Å². The van der Waals surface area contributed by atoms with Gasteiger partial charge in [-0.05, 0) is 48.9 Å². The van der Waals surface area contributed by atoms with Crippen LogP contribution >= 0.6 is 0 Å². The summed E-state index contributed by atoms with van der Waals surface area (Å²) in [7, 11) is 0. The first kappa shape index (κ1) is 17.8. The highest BCUT2D eigenvalue weighted by Gasteiger charge is 2.51. The van der Waals surface area contributed by atoms with E-state index in [9.17, 15) is 22.8 Å². The van der Waals surface area contributed by atoms with Gasteiger partial charge in [0.05, 0.1) is 23.1 Å². The number of fused-ring (bicyclic) bond motifs is 1. The van der Waals surface area contributed by atoms with Crippen LogP contribution in [-0.4, -0.2) is 11.8 Å². The number of anilines is 1. The standard InChI is InChI=1S/C21H18F3NO2/c22-21(23,24)15-7-4-8-16(12-15)25-19(26)17-10-9-14(11-18(17)20(25)27)13-5-2-1-3-6-13/h1-8,12,14,17-18H,9-11H2/t14-,17-,18-/m1/s1. The lowest BCUT2D eigenvalue weighted by Crippen LogP contribution is -2.31. The molecule has 2 aromatic rings. The Kier molecular flexibility index (Phi) is 4.29. The Morgan fingerprint density at radius 1 is 0.852 bits per heavy atom. The number of nitrogens with zero attached hydrogens (tertiary/aromatic N) is 1. The van der Waals surface area contributed by atoms with Gasteiger partial charge >= 0.3 is 6.18 Å². The molecule has 0 aromatic heterocycles. The van der Waals surface area contributed by atoms with Gasteiger partial charge in [-0.1, -0.05) is 36.4 Å². The van der Waals surface area contributed by atoms with Crippen molar-refractivity contribution < 1.29 is 22.8 Å². The Hall–Kier alpha value is -2.63. The predicted molar refractivity (Wildman–Crippen MR) is 94.0 cm³/mol. The summed E-state index contributed by atoms with van der Waals surface area (Å²) >= 11 is 0. The van der Waals surface area contributed by atoms with Gasteiger partial charge in [0.25, 0.3) is 0 Å². The van der Waals surface area contributed by atoms with Gasteiger partial charge < -0.3 is 0 Å². The fraction of sp³-hybridized carbons (Fsp3) is 0.333. The molecule has 0 unspecified atom stereocenters. The van der Waals surface area contributed by atoms with Crippen molar-refractivity contribution in [2.45, 2.75) is 31.4 Å². The first-order chi connectivity index (χ1) is 12.9. The van der Waals surface area contributed by atoms with Crippen molar-refractivity contribution in [3.63, 3.8) is 0 Å². The molecule has 2 aliphatic rings. The maximum atomic E-state index is 13.0. The molecule has 2 amide bonds. The average molecular weight is 373 g/mol. The molecule has 1 saturated heterocycles. The highest BCUT2D eigenvalue weighted by Crippen LogP contribution is 2.46. The smallest absolute Gasteiger partial charge is 0.274 e. The average Bonchev–Trinajstić information content (AvgIpc) is 2.92. The van der Waals surface area contributed by atoms with Gasteiger partial charge in [0, 0.05) is 0 Å². The van der Waals surface area contributed by atoms with Crippen LogP contribution in [0.5, 0.6) is 0 Å². The lowest BCUT2D eigenvalue weighted by Gasteiger charge is -2.28. The topological polar surface area (TPSA) is 37.4 Å². The van der Waals surface area contributed by atoms with Gasteiger partial charge in [-0.15, -0.1) is 0 Å². The van der Waals surface area contributed by atoms with E-state index in [1.165, 1.54) is 12.1 Å². The van der Waals surface area contributed by atoms with Crippen LogP contribution in [0.3, 0.4) is 0 Å². The fourth-order valence-electron chi connectivity index (χ4n) is 4.28. The summed E-state index contributed by atoms with van der Waals surface area (Å²) in [4.78, 5) is 26.6. The number of alkyl halides is 3. The van der Waals surface area contributed by atoms with Gasteiger partial charge in [-0.3, -0.25) is 14.5 Å². The van der Waals surface area contributed by atoms with Gasteiger partial charge in [-0.2, -0.15) is 13.2 Å². The van der Waals surface area contributed by atoms with Crippen molar-refractivity contribution in [1.29, 1.82) is 0 Å². The largest absolute Gasteiger partial charge is 0.416 e. The number of halogens is 3. The van der Waals surface area contributed by atoms with Crippen LogP contribution in [0.15, 0.2) is 54.6 Å². The van der Waals surface area contributed by atoms with E-state index in [0.717, 1.165) is 29.0 Å². The van der Waals surface area contributed by atoms with Crippen molar-refractivity contribution >= 4 is 17.5 Å². The van der Waals surface area contributed by atoms with Crippen LogP contribution in [0, 0.1) is 11.8 Å². The third kappa shape index (κ3) is 3.13. The Morgan fingerprint density at radius 3 is 2.26 bits per heavy atom. The Bertz CT molecular complexity index is 878. The maximum Gasteiger partial charge on any atom is 0.416 e. The minimum Gasteiger partial charge on any atom is -0.274 e. The highest BCUT2D eigenvalue weighted by atomic mass is 19.4. The van der Waals surface area contributed by atoms with Crippen LogP contribution in [-0.2, 0) is 15.8 Å². The summed E-state index contributed by atoms with van der Waals surface area (Å²) in [6.45, 7) is 0. The molecule has 4 rings (SSSR count). The Labute approximate surface area is 154 Å². The van der Waals surface area contributed by atoms with Crippen LogP contribution in [0.25, 0.3) is 0 Å².